The van der Waals surface area contributed by atoms with E-state index in [9.17, 15) is 5.11 Å². The molecular weight excluding hydrogens is 208 g/mol. The first kappa shape index (κ1) is 13.3. The summed E-state index contributed by atoms with van der Waals surface area (Å²) in [5, 5.41) is 13.0. The molecule has 2 N–H and O–H groups in total. The molecule has 0 spiro atoms. The summed E-state index contributed by atoms with van der Waals surface area (Å²) in [5.74, 6) is 1.18. The van der Waals surface area contributed by atoms with Gasteiger partial charge in [0, 0.05) is 36.7 Å². The highest BCUT2D eigenvalue weighted by molar-refractivity contribution is 8.00. The minimum Gasteiger partial charge on any atom is -0.390 e. The molecule has 0 amide bonds. The van der Waals surface area contributed by atoms with E-state index in [-0.39, 0.29) is 6.10 Å². The Bertz CT molecular complexity index is 187. The molecule has 1 atom stereocenters. The molecule has 1 aliphatic rings. The molecule has 4 heteroatoms. The fourth-order valence-electron chi connectivity index (χ4n) is 1.94. The van der Waals surface area contributed by atoms with Crippen molar-refractivity contribution in [1.82, 2.24) is 10.2 Å². The van der Waals surface area contributed by atoms with Crippen molar-refractivity contribution in [2.75, 3.05) is 38.5 Å². The molecule has 1 unspecified atom stereocenters. The molecule has 3 nitrogen and oxygen atoms in total. The predicted octanol–water partition coefficient (Wildman–Crippen LogP) is 0.784. The second kappa shape index (κ2) is 6.09. The lowest BCUT2D eigenvalue weighted by atomic mass is 10.1. The van der Waals surface area contributed by atoms with Crippen LogP contribution < -0.4 is 5.32 Å². The third-order valence-electron chi connectivity index (χ3n) is 2.60. The highest BCUT2D eigenvalue weighted by atomic mass is 32.2. The standard InChI is InChI=1S/C11H24N2OS/c1-4-12-7-10(14)8-13-5-6-15-11(2,3)9-13/h10,12,14H,4-9H2,1-3H3. The van der Waals surface area contributed by atoms with Crippen LogP contribution in [0.25, 0.3) is 0 Å². The quantitative estimate of drug-likeness (QED) is 0.734. The number of hydrogen-bond acceptors (Lipinski definition) is 4. The number of rotatable bonds is 5. The van der Waals surface area contributed by atoms with Crippen molar-refractivity contribution in [2.24, 2.45) is 0 Å². The average Bonchev–Trinajstić information content (AvgIpc) is 2.13. The number of nitrogens with one attached hydrogen (secondary N) is 1. The van der Waals surface area contributed by atoms with E-state index in [1.54, 1.807) is 0 Å². The third-order valence-corrected chi connectivity index (χ3v) is 3.90. The lowest BCUT2D eigenvalue weighted by Gasteiger charge is -2.38. The second-order valence-electron chi connectivity index (χ2n) is 4.80. The van der Waals surface area contributed by atoms with Gasteiger partial charge in [-0.25, -0.2) is 0 Å². The molecule has 1 saturated heterocycles. The van der Waals surface area contributed by atoms with Crippen LogP contribution in [0.2, 0.25) is 0 Å². The first-order chi connectivity index (χ1) is 7.03. The Kier molecular flexibility index (Phi) is 5.39. The van der Waals surface area contributed by atoms with E-state index < -0.39 is 0 Å². The minimum atomic E-state index is -0.233. The van der Waals surface area contributed by atoms with Gasteiger partial charge in [-0.3, -0.25) is 4.90 Å². The monoisotopic (exact) mass is 232 g/mol. The molecule has 90 valence electrons. The van der Waals surface area contributed by atoms with Gasteiger partial charge in [0.1, 0.15) is 0 Å². The van der Waals surface area contributed by atoms with Crippen LogP contribution in [-0.2, 0) is 0 Å². The van der Waals surface area contributed by atoms with E-state index >= 15 is 0 Å². The maximum atomic E-state index is 9.79. The van der Waals surface area contributed by atoms with Gasteiger partial charge in [-0.05, 0) is 20.4 Å². The van der Waals surface area contributed by atoms with Gasteiger partial charge in [0.05, 0.1) is 6.10 Å². The maximum Gasteiger partial charge on any atom is 0.0791 e. The Morgan fingerprint density at radius 3 is 2.87 bits per heavy atom. The fourth-order valence-corrected chi connectivity index (χ4v) is 3.12. The molecule has 0 bridgehead atoms. The van der Waals surface area contributed by atoms with Crippen molar-refractivity contribution in [3.05, 3.63) is 0 Å². The number of β-amino-alcohol motifs (C(OH)–C–C–N with tert-alkyl or cyclic N) is 1. The number of nitrogens with zero attached hydrogens (tertiary/aromatic N) is 1. The van der Waals surface area contributed by atoms with Gasteiger partial charge in [-0.1, -0.05) is 6.92 Å². The zero-order valence-electron chi connectivity index (χ0n) is 10.1. The van der Waals surface area contributed by atoms with Crippen molar-refractivity contribution >= 4 is 11.8 Å². The summed E-state index contributed by atoms with van der Waals surface area (Å²) in [7, 11) is 0. The number of aliphatic hydroxyl groups excluding tert-OH is 1. The normalized spacial score (nSPS) is 24.0. The number of hydrogen-bond donors (Lipinski definition) is 2. The lowest BCUT2D eigenvalue weighted by Crippen LogP contribution is -2.47. The predicted molar refractivity (Wildman–Crippen MR) is 67.5 cm³/mol. The van der Waals surface area contributed by atoms with Crippen LogP contribution in [-0.4, -0.2) is 59.3 Å². The van der Waals surface area contributed by atoms with Crippen molar-refractivity contribution in [1.29, 1.82) is 0 Å². The molecule has 15 heavy (non-hydrogen) atoms. The molecule has 1 aliphatic heterocycles. The number of aliphatic hydroxyl groups is 1. The van der Waals surface area contributed by atoms with Crippen LogP contribution in [0.15, 0.2) is 0 Å². The third kappa shape index (κ3) is 5.20. The first-order valence-corrected chi connectivity index (χ1v) is 6.77. The Morgan fingerprint density at radius 2 is 2.27 bits per heavy atom. The van der Waals surface area contributed by atoms with Crippen molar-refractivity contribution < 1.29 is 5.11 Å². The Morgan fingerprint density at radius 1 is 1.53 bits per heavy atom. The summed E-state index contributed by atoms with van der Waals surface area (Å²) in [6, 6.07) is 0. The lowest BCUT2D eigenvalue weighted by molar-refractivity contribution is 0.109. The molecule has 1 fully saturated rings. The smallest absolute Gasteiger partial charge is 0.0791 e. The van der Waals surface area contributed by atoms with Crippen LogP contribution in [0.5, 0.6) is 0 Å². The molecular formula is C11H24N2OS. The van der Waals surface area contributed by atoms with E-state index in [4.69, 9.17) is 0 Å². The molecule has 1 rings (SSSR count). The summed E-state index contributed by atoms with van der Waals surface area (Å²) in [4.78, 5) is 2.37. The van der Waals surface area contributed by atoms with E-state index in [0.717, 1.165) is 26.2 Å². The molecule has 0 aromatic rings. The molecule has 0 aromatic heterocycles. The van der Waals surface area contributed by atoms with Gasteiger partial charge in [0.2, 0.25) is 0 Å². The van der Waals surface area contributed by atoms with Crippen molar-refractivity contribution in [3.63, 3.8) is 0 Å². The summed E-state index contributed by atoms with van der Waals surface area (Å²) < 4.78 is 0.343. The highest BCUT2D eigenvalue weighted by Gasteiger charge is 2.27. The minimum absolute atomic E-state index is 0.233. The van der Waals surface area contributed by atoms with Gasteiger partial charge in [0.25, 0.3) is 0 Å². The summed E-state index contributed by atoms with van der Waals surface area (Å²) in [6.45, 7) is 11.3. The average molecular weight is 232 g/mol. The van der Waals surface area contributed by atoms with Gasteiger partial charge >= 0.3 is 0 Å². The Hall–Kier alpha value is 0.230. The Balaban J connectivity index is 2.25. The molecule has 1 heterocycles. The van der Waals surface area contributed by atoms with Gasteiger partial charge < -0.3 is 10.4 Å². The summed E-state index contributed by atoms with van der Waals surface area (Å²) in [5.41, 5.74) is 0. The molecule has 0 saturated carbocycles. The van der Waals surface area contributed by atoms with E-state index in [0.29, 0.717) is 11.3 Å². The highest BCUT2D eigenvalue weighted by Crippen LogP contribution is 2.29. The zero-order valence-corrected chi connectivity index (χ0v) is 10.9. The van der Waals surface area contributed by atoms with Crippen LogP contribution >= 0.6 is 11.8 Å². The Labute approximate surface area is 97.6 Å². The van der Waals surface area contributed by atoms with E-state index in [1.165, 1.54) is 5.75 Å². The van der Waals surface area contributed by atoms with E-state index in [1.807, 2.05) is 11.8 Å². The van der Waals surface area contributed by atoms with Gasteiger partial charge in [-0.15, -0.1) is 0 Å². The van der Waals surface area contributed by atoms with Gasteiger partial charge in [0.15, 0.2) is 0 Å². The van der Waals surface area contributed by atoms with Crippen LogP contribution in [0, 0.1) is 0 Å². The molecule has 0 radical (unpaired) electrons. The fraction of sp³-hybridized carbons (Fsp3) is 1.00. The van der Waals surface area contributed by atoms with Crippen LogP contribution in [0.4, 0.5) is 0 Å². The zero-order chi connectivity index (χ0) is 11.3. The second-order valence-corrected chi connectivity index (χ2v) is 6.61. The summed E-state index contributed by atoms with van der Waals surface area (Å²) >= 11 is 2.03. The molecule has 0 aliphatic carbocycles. The van der Waals surface area contributed by atoms with Crippen molar-refractivity contribution in [3.8, 4) is 0 Å². The molecule has 0 aromatic carbocycles. The SMILES string of the molecule is CCNCC(O)CN1CCSC(C)(C)C1. The van der Waals surface area contributed by atoms with Crippen LogP contribution in [0.3, 0.4) is 0 Å². The maximum absolute atomic E-state index is 9.79. The first-order valence-electron chi connectivity index (χ1n) is 5.78. The summed E-state index contributed by atoms with van der Waals surface area (Å²) in [6.07, 6.45) is -0.233. The largest absolute Gasteiger partial charge is 0.390 e. The number of likely N-dealkylation sites (N-methyl/N-ethyl adjacent to an activating group) is 1. The van der Waals surface area contributed by atoms with Gasteiger partial charge in [-0.2, -0.15) is 11.8 Å². The van der Waals surface area contributed by atoms with E-state index in [2.05, 4.69) is 31.0 Å². The number of thioether (sulfide) groups is 1. The topological polar surface area (TPSA) is 35.5 Å². The van der Waals surface area contributed by atoms with Crippen molar-refractivity contribution in [2.45, 2.75) is 31.6 Å². The van der Waals surface area contributed by atoms with Crippen LogP contribution in [0.1, 0.15) is 20.8 Å².